The van der Waals surface area contributed by atoms with Gasteiger partial charge in [-0.15, -0.1) is 0 Å². The third-order valence-corrected chi connectivity index (χ3v) is 11.0. The molecular weight excluding hydrogens is 673 g/mol. The summed E-state index contributed by atoms with van der Waals surface area (Å²) in [6.45, 7) is 14.6. The van der Waals surface area contributed by atoms with Gasteiger partial charge in [0, 0.05) is 26.1 Å². The molecule has 0 aromatic rings. The number of unbranched alkanes of at least 4 members (excludes halogenated alkanes) is 23. The summed E-state index contributed by atoms with van der Waals surface area (Å²) in [5, 5.41) is 9.32. The van der Waals surface area contributed by atoms with Crippen LogP contribution in [0.25, 0.3) is 0 Å². The van der Waals surface area contributed by atoms with E-state index < -0.39 is 0 Å². The van der Waals surface area contributed by atoms with E-state index in [-0.39, 0.29) is 24.8 Å². The molecule has 0 aliphatic rings. The molecule has 7 heteroatoms. The molecule has 0 rings (SSSR count). The number of esters is 1. The second-order valence-corrected chi connectivity index (χ2v) is 16.3. The maximum Gasteiger partial charge on any atom is 0.409 e. The van der Waals surface area contributed by atoms with Gasteiger partial charge in [0.05, 0.1) is 6.61 Å². The highest BCUT2D eigenvalue weighted by Crippen LogP contribution is 2.18. The highest BCUT2D eigenvalue weighted by molar-refractivity contribution is 5.69. The average Bonchev–Trinajstić information content (AvgIpc) is 3.17. The third kappa shape index (κ3) is 36.3. The molecule has 0 saturated carbocycles. The Kier molecular flexibility index (Phi) is 41.7. The van der Waals surface area contributed by atoms with Gasteiger partial charge in [-0.3, -0.25) is 4.79 Å². The summed E-state index contributed by atoms with van der Waals surface area (Å²) in [5.41, 5.74) is 0. The van der Waals surface area contributed by atoms with Crippen LogP contribution in [-0.2, 0) is 14.3 Å². The van der Waals surface area contributed by atoms with Crippen molar-refractivity contribution < 1.29 is 24.2 Å². The SMILES string of the molecule is CCCCCCCCC(CCCCCC)OC(=O)CCCCCCN(CCCCO)CCCCCCOC(=O)N(CCCCCC)CCCCCCCC. The fourth-order valence-corrected chi connectivity index (χ4v) is 7.35. The Morgan fingerprint density at radius 1 is 0.463 bits per heavy atom. The Morgan fingerprint density at radius 3 is 1.37 bits per heavy atom. The van der Waals surface area contributed by atoms with Gasteiger partial charge in [-0.05, 0) is 96.7 Å². The predicted octanol–water partition coefficient (Wildman–Crippen LogP) is 13.6. The molecule has 0 aliphatic heterocycles. The van der Waals surface area contributed by atoms with E-state index in [4.69, 9.17) is 9.47 Å². The molecule has 0 heterocycles. The molecule has 1 atom stereocenters. The highest BCUT2D eigenvalue weighted by Gasteiger charge is 2.16. The first kappa shape index (κ1) is 52.7. The average molecular weight is 767 g/mol. The number of ether oxygens (including phenoxy) is 2. The van der Waals surface area contributed by atoms with Crippen LogP contribution in [0.3, 0.4) is 0 Å². The number of aliphatic hydroxyl groups excluding tert-OH is 1. The molecule has 322 valence electrons. The number of nitrogens with zero attached hydrogens (tertiary/aromatic N) is 2. The molecule has 1 N–H and O–H groups in total. The number of rotatable bonds is 43. The van der Waals surface area contributed by atoms with Gasteiger partial charge >= 0.3 is 12.1 Å². The Balaban J connectivity index is 4.37. The minimum atomic E-state index is -0.113. The van der Waals surface area contributed by atoms with Crippen molar-refractivity contribution in [2.75, 3.05) is 45.9 Å². The van der Waals surface area contributed by atoms with Crippen LogP contribution in [-0.4, -0.2) is 79.0 Å². The zero-order valence-electron chi connectivity index (χ0n) is 36.8. The molecule has 54 heavy (non-hydrogen) atoms. The van der Waals surface area contributed by atoms with Gasteiger partial charge in [0.2, 0.25) is 0 Å². The fraction of sp³-hybridized carbons (Fsp3) is 0.957. The van der Waals surface area contributed by atoms with E-state index in [0.717, 1.165) is 123 Å². The van der Waals surface area contributed by atoms with Crippen molar-refractivity contribution in [3.8, 4) is 0 Å². The summed E-state index contributed by atoms with van der Waals surface area (Å²) in [4.78, 5) is 30.2. The van der Waals surface area contributed by atoms with E-state index in [1.807, 2.05) is 4.90 Å². The van der Waals surface area contributed by atoms with E-state index in [0.29, 0.717) is 13.0 Å². The molecule has 0 fully saturated rings. The van der Waals surface area contributed by atoms with Crippen LogP contribution >= 0.6 is 0 Å². The molecule has 1 unspecified atom stereocenters. The quantitative estimate of drug-likeness (QED) is 0.0492. The summed E-state index contributed by atoms with van der Waals surface area (Å²) in [5.74, 6) is 0.00905. The number of hydrogen-bond donors (Lipinski definition) is 1. The third-order valence-electron chi connectivity index (χ3n) is 11.0. The van der Waals surface area contributed by atoms with Crippen molar-refractivity contribution in [2.24, 2.45) is 0 Å². The second kappa shape index (κ2) is 42.8. The minimum absolute atomic E-state index is 0.00905. The van der Waals surface area contributed by atoms with Gasteiger partial charge < -0.3 is 24.4 Å². The van der Waals surface area contributed by atoms with Gasteiger partial charge in [-0.25, -0.2) is 4.79 Å². The number of hydrogen-bond acceptors (Lipinski definition) is 6. The van der Waals surface area contributed by atoms with Gasteiger partial charge in [0.25, 0.3) is 0 Å². The Labute approximate surface area is 336 Å². The molecule has 0 saturated heterocycles. The normalized spacial score (nSPS) is 12.0. The monoisotopic (exact) mass is 767 g/mol. The van der Waals surface area contributed by atoms with Crippen molar-refractivity contribution in [1.82, 2.24) is 9.80 Å². The van der Waals surface area contributed by atoms with E-state index in [1.165, 1.54) is 116 Å². The second-order valence-electron chi connectivity index (χ2n) is 16.3. The van der Waals surface area contributed by atoms with Crippen LogP contribution in [0.4, 0.5) is 4.79 Å². The summed E-state index contributed by atoms with van der Waals surface area (Å²) >= 11 is 0. The summed E-state index contributed by atoms with van der Waals surface area (Å²) in [7, 11) is 0. The summed E-state index contributed by atoms with van der Waals surface area (Å²) < 4.78 is 11.8. The van der Waals surface area contributed by atoms with Crippen molar-refractivity contribution in [1.29, 1.82) is 0 Å². The molecule has 0 spiro atoms. The summed E-state index contributed by atoms with van der Waals surface area (Å²) in [6, 6.07) is 0. The van der Waals surface area contributed by atoms with Crippen LogP contribution < -0.4 is 0 Å². The smallest absolute Gasteiger partial charge is 0.409 e. The highest BCUT2D eigenvalue weighted by atomic mass is 16.6. The largest absolute Gasteiger partial charge is 0.462 e. The minimum Gasteiger partial charge on any atom is -0.462 e. The maximum atomic E-state index is 12.9. The molecule has 1 amide bonds. The number of aliphatic hydroxyl groups is 1. The lowest BCUT2D eigenvalue weighted by Gasteiger charge is -2.23. The zero-order chi connectivity index (χ0) is 39.6. The van der Waals surface area contributed by atoms with E-state index in [9.17, 15) is 14.7 Å². The maximum absolute atomic E-state index is 12.9. The molecule has 0 radical (unpaired) electrons. The van der Waals surface area contributed by atoms with Crippen molar-refractivity contribution in [3.05, 3.63) is 0 Å². The lowest BCUT2D eigenvalue weighted by molar-refractivity contribution is -0.150. The first-order chi connectivity index (χ1) is 26.5. The molecule has 7 nitrogen and oxygen atoms in total. The van der Waals surface area contributed by atoms with Crippen LogP contribution in [0.5, 0.6) is 0 Å². The number of carbonyl (C=O) groups excluding carboxylic acids is 2. The van der Waals surface area contributed by atoms with Crippen molar-refractivity contribution >= 4 is 12.1 Å². The van der Waals surface area contributed by atoms with Gasteiger partial charge in [0.1, 0.15) is 6.10 Å². The molecule has 0 aromatic heterocycles. The standard InChI is InChI=1S/C47H94N2O5/c1-5-9-13-17-19-26-36-45(35-25-15-11-7-3)54-46(51)37-27-20-22-28-38-48(40-32-33-43-50)39-29-23-24-34-44-53-47(52)49(41-30-16-12-8-4)42-31-21-18-14-10-6-2/h45,50H,5-44H2,1-4H3. The lowest BCUT2D eigenvalue weighted by atomic mass is 10.0. The van der Waals surface area contributed by atoms with Crippen LogP contribution in [0, 0.1) is 0 Å². The van der Waals surface area contributed by atoms with Crippen LogP contribution in [0.15, 0.2) is 0 Å². The van der Waals surface area contributed by atoms with E-state index >= 15 is 0 Å². The predicted molar refractivity (Wildman–Crippen MR) is 231 cm³/mol. The molecule has 0 bridgehead atoms. The lowest BCUT2D eigenvalue weighted by Crippen LogP contribution is -2.33. The molecular formula is C47H94N2O5. The van der Waals surface area contributed by atoms with Gasteiger partial charge in [-0.2, -0.15) is 0 Å². The fourth-order valence-electron chi connectivity index (χ4n) is 7.35. The van der Waals surface area contributed by atoms with Crippen molar-refractivity contribution in [2.45, 2.75) is 246 Å². The van der Waals surface area contributed by atoms with Crippen molar-refractivity contribution in [3.63, 3.8) is 0 Å². The Hall–Kier alpha value is -1.34. The Morgan fingerprint density at radius 2 is 0.852 bits per heavy atom. The molecule has 0 aliphatic carbocycles. The number of amides is 1. The molecule has 0 aromatic carbocycles. The summed E-state index contributed by atoms with van der Waals surface area (Å²) in [6.07, 6.45) is 37.8. The Bertz CT molecular complexity index is 781. The van der Waals surface area contributed by atoms with E-state index in [2.05, 4.69) is 32.6 Å². The number of carbonyl (C=O) groups is 2. The van der Waals surface area contributed by atoms with E-state index in [1.54, 1.807) is 0 Å². The van der Waals surface area contributed by atoms with Gasteiger partial charge in [-0.1, -0.05) is 156 Å². The topological polar surface area (TPSA) is 79.3 Å². The van der Waals surface area contributed by atoms with Crippen LogP contribution in [0.2, 0.25) is 0 Å². The van der Waals surface area contributed by atoms with Gasteiger partial charge in [0.15, 0.2) is 0 Å². The first-order valence-electron chi connectivity index (χ1n) is 24.0. The zero-order valence-corrected chi connectivity index (χ0v) is 36.8. The first-order valence-corrected chi connectivity index (χ1v) is 24.0. The van der Waals surface area contributed by atoms with Crippen LogP contribution in [0.1, 0.15) is 240 Å².